The smallest absolute Gasteiger partial charge is 0.306 e. The first-order chi connectivity index (χ1) is 18.0. The third-order valence-corrected chi connectivity index (χ3v) is 8.28. The standard InChI is InChI=1S/C29H35N3O4S/c1-20-4-3-5-25(26-19-37-29(30-26)32-10-8-23(9-11-32)28(33)34)27(20)36-18-24-7-6-22(16-21(24)2)17-31-12-14-35-15-13-31/h3-7,16,19,23H,8-15,17-18H2,1-2H3,(H,33,34). The third-order valence-electron chi connectivity index (χ3n) is 7.38. The Morgan fingerprint density at radius 1 is 1.11 bits per heavy atom. The zero-order chi connectivity index (χ0) is 25.8. The maximum absolute atomic E-state index is 11.3. The largest absolute Gasteiger partial charge is 0.488 e. The predicted octanol–water partition coefficient (Wildman–Crippen LogP) is 5.14. The summed E-state index contributed by atoms with van der Waals surface area (Å²) in [6.45, 7) is 10.7. The molecular weight excluding hydrogens is 486 g/mol. The Kier molecular flexibility index (Phi) is 8.08. The number of piperidine rings is 1. The monoisotopic (exact) mass is 521 g/mol. The molecule has 0 unspecified atom stereocenters. The van der Waals surface area contributed by atoms with E-state index in [2.05, 4.69) is 59.4 Å². The number of benzene rings is 2. The summed E-state index contributed by atoms with van der Waals surface area (Å²) in [7, 11) is 0. The van der Waals surface area contributed by atoms with Crippen LogP contribution in [-0.2, 0) is 22.7 Å². The molecule has 0 atom stereocenters. The van der Waals surface area contributed by atoms with Crippen LogP contribution < -0.4 is 9.64 Å². The number of para-hydroxylation sites is 1. The van der Waals surface area contributed by atoms with E-state index in [1.165, 1.54) is 16.7 Å². The molecule has 2 fully saturated rings. The van der Waals surface area contributed by atoms with Crippen molar-refractivity contribution in [1.29, 1.82) is 0 Å². The van der Waals surface area contributed by atoms with Gasteiger partial charge < -0.3 is 19.5 Å². The lowest BCUT2D eigenvalue weighted by atomic mass is 9.97. The third kappa shape index (κ3) is 6.14. The molecule has 0 spiro atoms. The van der Waals surface area contributed by atoms with Crippen molar-refractivity contribution in [2.24, 2.45) is 5.92 Å². The summed E-state index contributed by atoms with van der Waals surface area (Å²) in [6, 6.07) is 12.8. The van der Waals surface area contributed by atoms with E-state index in [0.717, 1.165) is 73.6 Å². The van der Waals surface area contributed by atoms with Crippen molar-refractivity contribution in [2.45, 2.75) is 39.8 Å². The summed E-state index contributed by atoms with van der Waals surface area (Å²) >= 11 is 1.61. The van der Waals surface area contributed by atoms with Crippen molar-refractivity contribution in [1.82, 2.24) is 9.88 Å². The Labute approximate surface area is 222 Å². The minimum Gasteiger partial charge on any atom is -0.488 e. The maximum atomic E-state index is 11.3. The number of aliphatic carboxylic acids is 1. The number of anilines is 1. The molecule has 0 bridgehead atoms. The number of carbonyl (C=O) groups is 1. The second-order valence-electron chi connectivity index (χ2n) is 10.0. The zero-order valence-corrected chi connectivity index (χ0v) is 22.4. The van der Waals surface area contributed by atoms with Gasteiger partial charge in [-0.3, -0.25) is 9.69 Å². The average Bonchev–Trinajstić information content (AvgIpc) is 3.40. The minimum atomic E-state index is -0.692. The topological polar surface area (TPSA) is 75.1 Å². The first kappa shape index (κ1) is 25.7. The van der Waals surface area contributed by atoms with Gasteiger partial charge in [0.2, 0.25) is 0 Å². The number of rotatable bonds is 8. The van der Waals surface area contributed by atoms with Crippen molar-refractivity contribution in [3.63, 3.8) is 0 Å². The highest BCUT2D eigenvalue weighted by Crippen LogP contribution is 2.37. The maximum Gasteiger partial charge on any atom is 0.306 e. The molecule has 1 N–H and O–H groups in total. The number of hydrogen-bond donors (Lipinski definition) is 1. The highest BCUT2D eigenvalue weighted by molar-refractivity contribution is 7.14. The number of thiazole rings is 1. The van der Waals surface area contributed by atoms with E-state index in [-0.39, 0.29) is 5.92 Å². The van der Waals surface area contributed by atoms with Gasteiger partial charge in [-0.1, -0.05) is 30.3 Å². The second kappa shape index (κ2) is 11.6. The fourth-order valence-corrected chi connectivity index (χ4v) is 5.96. The van der Waals surface area contributed by atoms with Gasteiger partial charge in [-0.25, -0.2) is 4.98 Å². The van der Waals surface area contributed by atoms with Gasteiger partial charge in [0.1, 0.15) is 12.4 Å². The fourth-order valence-electron chi connectivity index (χ4n) is 5.08. The highest BCUT2D eigenvalue weighted by atomic mass is 32.1. The molecule has 1 aromatic heterocycles. The van der Waals surface area contributed by atoms with Gasteiger partial charge in [0.05, 0.1) is 24.8 Å². The normalized spacial score (nSPS) is 17.2. The number of aromatic nitrogens is 1. The summed E-state index contributed by atoms with van der Waals surface area (Å²) in [5.74, 6) is -0.0758. The summed E-state index contributed by atoms with van der Waals surface area (Å²) in [5, 5.41) is 12.3. The first-order valence-electron chi connectivity index (χ1n) is 13.0. The predicted molar refractivity (Wildman–Crippen MR) is 146 cm³/mol. The summed E-state index contributed by atoms with van der Waals surface area (Å²) in [5.41, 5.74) is 6.71. The summed E-state index contributed by atoms with van der Waals surface area (Å²) in [6.07, 6.45) is 1.32. The van der Waals surface area contributed by atoms with E-state index in [1.807, 2.05) is 6.07 Å². The molecule has 0 amide bonds. The van der Waals surface area contributed by atoms with Crippen LogP contribution in [0.3, 0.4) is 0 Å². The lowest BCUT2D eigenvalue weighted by Gasteiger charge is -2.29. The van der Waals surface area contributed by atoms with Crippen LogP contribution in [0.5, 0.6) is 5.75 Å². The van der Waals surface area contributed by atoms with Crippen molar-refractivity contribution in [3.05, 3.63) is 64.0 Å². The van der Waals surface area contributed by atoms with Gasteiger partial charge in [0.25, 0.3) is 0 Å². The molecular formula is C29H35N3O4S. The summed E-state index contributed by atoms with van der Waals surface area (Å²) in [4.78, 5) is 20.8. The Morgan fingerprint density at radius 3 is 2.62 bits per heavy atom. The first-order valence-corrected chi connectivity index (χ1v) is 13.9. The summed E-state index contributed by atoms with van der Waals surface area (Å²) < 4.78 is 11.9. The van der Waals surface area contributed by atoms with Gasteiger partial charge in [-0.05, 0) is 55.0 Å². The number of nitrogens with zero attached hydrogens (tertiary/aromatic N) is 3. The molecule has 2 aliphatic heterocycles. The second-order valence-corrected chi connectivity index (χ2v) is 10.8. The SMILES string of the molecule is Cc1cc(CN2CCOCC2)ccc1COc1c(C)cccc1-c1csc(N2CCC(C(=O)O)CC2)n1. The van der Waals surface area contributed by atoms with Gasteiger partial charge in [-0.2, -0.15) is 0 Å². The number of carboxylic acid groups (broad SMARTS) is 1. The number of carboxylic acids is 1. The van der Waals surface area contributed by atoms with Crippen LogP contribution in [0.4, 0.5) is 5.13 Å². The Bertz CT molecular complexity index is 1230. The quantitative estimate of drug-likeness (QED) is 0.440. The van der Waals surface area contributed by atoms with Gasteiger partial charge in [0.15, 0.2) is 5.13 Å². The minimum absolute atomic E-state index is 0.246. The van der Waals surface area contributed by atoms with Crippen LogP contribution in [0.25, 0.3) is 11.3 Å². The van der Waals surface area contributed by atoms with E-state index in [1.54, 1.807) is 11.3 Å². The molecule has 0 aliphatic carbocycles. The van der Waals surface area contributed by atoms with E-state index < -0.39 is 5.97 Å². The van der Waals surface area contributed by atoms with Crippen molar-refractivity contribution >= 4 is 22.4 Å². The van der Waals surface area contributed by atoms with Crippen LogP contribution in [0.15, 0.2) is 41.8 Å². The van der Waals surface area contributed by atoms with Crippen LogP contribution in [0, 0.1) is 19.8 Å². The lowest BCUT2D eigenvalue weighted by molar-refractivity contribution is -0.142. The van der Waals surface area contributed by atoms with Crippen molar-refractivity contribution in [2.75, 3.05) is 44.3 Å². The molecule has 2 aliphatic rings. The molecule has 3 aromatic rings. The van der Waals surface area contributed by atoms with Gasteiger partial charge >= 0.3 is 5.97 Å². The molecule has 5 rings (SSSR count). The molecule has 196 valence electrons. The van der Waals surface area contributed by atoms with Crippen LogP contribution in [0.2, 0.25) is 0 Å². The number of hydrogen-bond acceptors (Lipinski definition) is 7. The number of aryl methyl sites for hydroxylation is 2. The molecule has 7 nitrogen and oxygen atoms in total. The van der Waals surface area contributed by atoms with E-state index in [0.29, 0.717) is 19.4 Å². The van der Waals surface area contributed by atoms with Gasteiger partial charge in [0, 0.05) is 43.7 Å². The fraction of sp³-hybridized carbons (Fsp3) is 0.448. The van der Waals surface area contributed by atoms with E-state index in [9.17, 15) is 9.90 Å². The van der Waals surface area contributed by atoms with Crippen molar-refractivity contribution in [3.8, 4) is 17.0 Å². The Hall–Kier alpha value is -2.94. The lowest BCUT2D eigenvalue weighted by Crippen LogP contribution is -2.36. The van der Waals surface area contributed by atoms with Crippen molar-refractivity contribution < 1.29 is 19.4 Å². The average molecular weight is 522 g/mol. The molecule has 0 radical (unpaired) electrons. The van der Waals surface area contributed by atoms with Crippen LogP contribution in [-0.4, -0.2) is 60.4 Å². The molecule has 3 heterocycles. The van der Waals surface area contributed by atoms with Crippen LogP contribution in [0.1, 0.15) is 35.1 Å². The highest BCUT2D eigenvalue weighted by Gasteiger charge is 2.26. The molecule has 0 saturated carbocycles. The van der Waals surface area contributed by atoms with Crippen LogP contribution >= 0.6 is 11.3 Å². The van der Waals surface area contributed by atoms with E-state index >= 15 is 0 Å². The molecule has 2 aromatic carbocycles. The molecule has 8 heteroatoms. The van der Waals surface area contributed by atoms with E-state index in [4.69, 9.17) is 14.5 Å². The van der Waals surface area contributed by atoms with Gasteiger partial charge in [-0.15, -0.1) is 11.3 Å². The number of ether oxygens (including phenoxy) is 2. The molecule has 37 heavy (non-hydrogen) atoms. The number of morpholine rings is 1. The Balaban J connectivity index is 1.27. The molecule has 2 saturated heterocycles. The Morgan fingerprint density at radius 2 is 1.89 bits per heavy atom. The zero-order valence-electron chi connectivity index (χ0n) is 21.6.